The van der Waals surface area contributed by atoms with Crippen LogP contribution in [0.25, 0.3) is 0 Å². The zero-order valence-corrected chi connectivity index (χ0v) is 11.3. The summed E-state index contributed by atoms with van der Waals surface area (Å²) >= 11 is 0. The van der Waals surface area contributed by atoms with Crippen molar-refractivity contribution in [2.24, 2.45) is 4.99 Å². The van der Waals surface area contributed by atoms with Gasteiger partial charge in [0.05, 0.1) is 5.71 Å². The Bertz CT molecular complexity index is 612. The van der Waals surface area contributed by atoms with E-state index in [1.807, 2.05) is 31.3 Å². The molecule has 0 radical (unpaired) electrons. The monoisotopic (exact) mass is 251 g/mol. The van der Waals surface area contributed by atoms with E-state index in [2.05, 4.69) is 40.3 Å². The molecule has 3 heteroatoms. The number of fused-ring (bicyclic) bond motifs is 1. The Balaban J connectivity index is 2.00. The summed E-state index contributed by atoms with van der Waals surface area (Å²) < 4.78 is 0. The summed E-state index contributed by atoms with van der Waals surface area (Å²) in [6, 6.07) is 12.6. The van der Waals surface area contributed by atoms with Crippen LogP contribution in [0.3, 0.4) is 0 Å². The second-order valence-corrected chi connectivity index (χ2v) is 4.94. The predicted octanol–water partition coefficient (Wildman–Crippen LogP) is 2.54. The van der Waals surface area contributed by atoms with Crippen LogP contribution in [0.4, 0.5) is 5.82 Å². The third kappa shape index (κ3) is 2.24. The molecule has 0 saturated heterocycles. The zero-order chi connectivity index (χ0) is 13.2. The molecule has 96 valence electrons. The van der Waals surface area contributed by atoms with Crippen molar-refractivity contribution >= 4 is 11.5 Å². The lowest BCUT2D eigenvalue weighted by atomic mass is 9.94. The molecule has 0 N–H and O–H groups in total. The lowest BCUT2D eigenvalue weighted by Gasteiger charge is -2.17. The van der Waals surface area contributed by atoms with Gasteiger partial charge in [0.1, 0.15) is 5.82 Å². The van der Waals surface area contributed by atoms with E-state index in [1.54, 1.807) is 0 Å². The standard InChI is InChI=1S/C16H17N3/c1-19(2)15-8-7-13(11-18-15)16-14-6-4-3-5-12(14)9-10-17-16/h3-8,11H,9-10H2,1-2H3. The number of benzene rings is 1. The lowest BCUT2D eigenvalue weighted by Crippen LogP contribution is -2.15. The van der Waals surface area contributed by atoms with Gasteiger partial charge in [-0.15, -0.1) is 0 Å². The molecule has 19 heavy (non-hydrogen) atoms. The first-order valence-corrected chi connectivity index (χ1v) is 6.52. The fraction of sp³-hybridized carbons (Fsp3) is 0.250. The maximum atomic E-state index is 4.68. The van der Waals surface area contributed by atoms with Crippen molar-refractivity contribution in [2.45, 2.75) is 6.42 Å². The maximum absolute atomic E-state index is 4.68. The third-order valence-electron chi connectivity index (χ3n) is 3.40. The van der Waals surface area contributed by atoms with Gasteiger partial charge in [-0.3, -0.25) is 4.99 Å². The number of aromatic nitrogens is 1. The van der Waals surface area contributed by atoms with Crippen molar-refractivity contribution in [1.29, 1.82) is 0 Å². The number of pyridine rings is 1. The highest BCUT2D eigenvalue weighted by molar-refractivity contribution is 6.14. The average molecular weight is 251 g/mol. The number of aliphatic imine (C=N–C) groups is 1. The van der Waals surface area contributed by atoms with Crippen LogP contribution in [-0.2, 0) is 6.42 Å². The molecule has 2 aromatic rings. The van der Waals surface area contributed by atoms with Crippen molar-refractivity contribution in [2.75, 3.05) is 25.5 Å². The van der Waals surface area contributed by atoms with Crippen LogP contribution in [0.5, 0.6) is 0 Å². The van der Waals surface area contributed by atoms with Crippen LogP contribution >= 0.6 is 0 Å². The van der Waals surface area contributed by atoms with Gasteiger partial charge in [0.25, 0.3) is 0 Å². The molecule has 0 bridgehead atoms. The number of hydrogen-bond acceptors (Lipinski definition) is 3. The Morgan fingerprint density at radius 2 is 1.89 bits per heavy atom. The summed E-state index contributed by atoms with van der Waals surface area (Å²) in [6.07, 6.45) is 2.94. The Morgan fingerprint density at radius 1 is 1.05 bits per heavy atom. The van der Waals surface area contributed by atoms with Crippen LogP contribution in [0.2, 0.25) is 0 Å². The Hall–Kier alpha value is -2.16. The van der Waals surface area contributed by atoms with Gasteiger partial charge in [0.15, 0.2) is 0 Å². The minimum absolute atomic E-state index is 0.863. The van der Waals surface area contributed by atoms with Crippen LogP contribution in [-0.4, -0.2) is 31.3 Å². The quantitative estimate of drug-likeness (QED) is 0.820. The Labute approximate surface area is 113 Å². The molecule has 0 unspecified atom stereocenters. The highest BCUT2D eigenvalue weighted by Gasteiger charge is 2.15. The normalized spacial score (nSPS) is 13.7. The lowest BCUT2D eigenvalue weighted by molar-refractivity contribution is 0.943. The zero-order valence-electron chi connectivity index (χ0n) is 11.3. The summed E-state index contributed by atoms with van der Waals surface area (Å²) in [7, 11) is 3.99. The van der Waals surface area contributed by atoms with Gasteiger partial charge in [-0.1, -0.05) is 24.3 Å². The van der Waals surface area contributed by atoms with Crippen molar-refractivity contribution in [3.63, 3.8) is 0 Å². The summed E-state index contributed by atoms with van der Waals surface area (Å²) in [6.45, 7) is 0.863. The van der Waals surface area contributed by atoms with Gasteiger partial charge in [0, 0.05) is 38.0 Å². The van der Waals surface area contributed by atoms with E-state index in [0.29, 0.717) is 0 Å². The van der Waals surface area contributed by atoms with E-state index in [4.69, 9.17) is 0 Å². The van der Waals surface area contributed by atoms with Crippen LogP contribution in [0.1, 0.15) is 16.7 Å². The van der Waals surface area contributed by atoms with E-state index < -0.39 is 0 Å². The van der Waals surface area contributed by atoms with Gasteiger partial charge in [-0.05, 0) is 24.1 Å². The first kappa shape index (κ1) is 11.9. The third-order valence-corrected chi connectivity index (χ3v) is 3.40. The molecular formula is C16H17N3. The Kier molecular flexibility index (Phi) is 3.03. The minimum atomic E-state index is 0.863. The van der Waals surface area contributed by atoms with E-state index in [-0.39, 0.29) is 0 Å². The molecule has 0 amide bonds. The van der Waals surface area contributed by atoms with E-state index in [0.717, 1.165) is 30.1 Å². The van der Waals surface area contributed by atoms with Gasteiger partial charge >= 0.3 is 0 Å². The molecule has 0 fully saturated rings. The molecule has 0 spiro atoms. The van der Waals surface area contributed by atoms with E-state index in [9.17, 15) is 0 Å². The summed E-state index contributed by atoms with van der Waals surface area (Å²) in [5, 5.41) is 0. The molecule has 2 heterocycles. The highest BCUT2D eigenvalue weighted by atomic mass is 15.1. The van der Waals surface area contributed by atoms with Crippen molar-refractivity contribution in [3.05, 3.63) is 59.3 Å². The topological polar surface area (TPSA) is 28.5 Å². The summed E-state index contributed by atoms with van der Waals surface area (Å²) in [4.78, 5) is 11.2. The van der Waals surface area contributed by atoms with Crippen LogP contribution in [0.15, 0.2) is 47.6 Å². The van der Waals surface area contributed by atoms with Gasteiger partial charge in [-0.25, -0.2) is 4.98 Å². The Morgan fingerprint density at radius 3 is 2.63 bits per heavy atom. The maximum Gasteiger partial charge on any atom is 0.127 e. The molecule has 3 nitrogen and oxygen atoms in total. The summed E-state index contributed by atoms with van der Waals surface area (Å²) in [5.74, 6) is 0.966. The first-order chi connectivity index (χ1) is 9.25. The number of hydrogen-bond donors (Lipinski definition) is 0. The number of anilines is 1. The van der Waals surface area contributed by atoms with E-state index >= 15 is 0 Å². The predicted molar refractivity (Wildman–Crippen MR) is 79.2 cm³/mol. The fourth-order valence-corrected chi connectivity index (χ4v) is 2.38. The second-order valence-electron chi connectivity index (χ2n) is 4.94. The SMILES string of the molecule is CN(C)c1ccc(C2=NCCc3ccccc32)cn1. The number of nitrogens with zero attached hydrogens (tertiary/aromatic N) is 3. The minimum Gasteiger partial charge on any atom is -0.363 e. The summed E-state index contributed by atoms with van der Waals surface area (Å²) in [5.41, 5.74) is 4.79. The molecule has 1 aliphatic heterocycles. The molecule has 1 aromatic heterocycles. The van der Waals surface area contributed by atoms with Gasteiger partial charge in [-0.2, -0.15) is 0 Å². The molecule has 1 aromatic carbocycles. The number of rotatable bonds is 2. The van der Waals surface area contributed by atoms with Crippen molar-refractivity contribution in [3.8, 4) is 0 Å². The molecule has 3 rings (SSSR count). The fourth-order valence-electron chi connectivity index (χ4n) is 2.38. The molecule has 0 aliphatic carbocycles. The van der Waals surface area contributed by atoms with Gasteiger partial charge < -0.3 is 4.90 Å². The second kappa shape index (κ2) is 4.84. The average Bonchev–Trinajstić information content (AvgIpc) is 2.47. The molecule has 1 aliphatic rings. The van der Waals surface area contributed by atoms with Crippen LogP contribution < -0.4 is 4.90 Å². The van der Waals surface area contributed by atoms with Crippen molar-refractivity contribution < 1.29 is 0 Å². The molecular weight excluding hydrogens is 234 g/mol. The van der Waals surface area contributed by atoms with Gasteiger partial charge in [0.2, 0.25) is 0 Å². The van der Waals surface area contributed by atoms with Crippen LogP contribution in [0, 0.1) is 0 Å². The highest BCUT2D eigenvalue weighted by Crippen LogP contribution is 2.20. The largest absolute Gasteiger partial charge is 0.363 e. The smallest absolute Gasteiger partial charge is 0.127 e. The molecule has 0 saturated carbocycles. The first-order valence-electron chi connectivity index (χ1n) is 6.52. The van der Waals surface area contributed by atoms with E-state index in [1.165, 1.54) is 11.1 Å². The molecule has 0 atom stereocenters. The van der Waals surface area contributed by atoms with Crippen molar-refractivity contribution in [1.82, 2.24) is 4.98 Å².